The number of nitro groups is 1. The van der Waals surface area contributed by atoms with E-state index in [1.54, 1.807) is 24.3 Å². The van der Waals surface area contributed by atoms with Crippen molar-refractivity contribution < 1.29 is 32.2 Å². The average molecular weight is 487 g/mol. The molecule has 34 heavy (non-hydrogen) atoms. The van der Waals surface area contributed by atoms with E-state index < -0.39 is 25.8 Å². The number of amides is 1. The van der Waals surface area contributed by atoms with Crippen LogP contribution in [-0.2, 0) is 10.1 Å². The van der Waals surface area contributed by atoms with Gasteiger partial charge >= 0.3 is 10.1 Å². The molecule has 0 aliphatic heterocycles. The van der Waals surface area contributed by atoms with Crippen LogP contribution in [0.1, 0.15) is 10.4 Å². The Morgan fingerprint density at radius 3 is 2.35 bits per heavy atom. The van der Waals surface area contributed by atoms with Gasteiger partial charge in [0, 0.05) is 24.4 Å². The van der Waals surface area contributed by atoms with E-state index in [9.17, 15) is 28.4 Å². The number of aliphatic hydroxyl groups is 1. The zero-order chi connectivity index (χ0) is 24.7. The zero-order valence-electron chi connectivity index (χ0n) is 17.9. The standard InChI is InChI=1S/C22H21N3O8S/c1-32-19-7-3-2-5-17(19)24-22(27)21-18(23-13-14-26)6-4-8-20(21)34(30,31)33-16-11-9-15(10-12-16)25(28)29/h2-12,23,26H,13-14H2,1H3,(H,24,27). The van der Waals surface area contributed by atoms with Crippen LogP contribution in [0.4, 0.5) is 17.1 Å². The highest BCUT2D eigenvalue weighted by Crippen LogP contribution is 2.30. The topological polar surface area (TPSA) is 157 Å². The van der Waals surface area contributed by atoms with E-state index in [-0.39, 0.29) is 35.8 Å². The van der Waals surface area contributed by atoms with Gasteiger partial charge in [0.25, 0.3) is 11.6 Å². The lowest BCUT2D eigenvalue weighted by molar-refractivity contribution is -0.384. The van der Waals surface area contributed by atoms with Crippen molar-refractivity contribution in [3.8, 4) is 11.5 Å². The number of nitrogens with one attached hydrogen (secondary N) is 2. The van der Waals surface area contributed by atoms with Gasteiger partial charge in [-0.05, 0) is 36.4 Å². The molecular weight excluding hydrogens is 466 g/mol. The predicted molar refractivity (Wildman–Crippen MR) is 124 cm³/mol. The van der Waals surface area contributed by atoms with Gasteiger partial charge in [0.2, 0.25) is 0 Å². The van der Waals surface area contributed by atoms with E-state index in [1.807, 2.05) is 0 Å². The highest BCUT2D eigenvalue weighted by atomic mass is 32.2. The Balaban J connectivity index is 2.02. The third-order valence-electron chi connectivity index (χ3n) is 4.56. The van der Waals surface area contributed by atoms with Crippen molar-refractivity contribution in [2.45, 2.75) is 4.90 Å². The van der Waals surface area contributed by atoms with Crippen molar-refractivity contribution in [1.29, 1.82) is 0 Å². The van der Waals surface area contributed by atoms with Crippen molar-refractivity contribution in [2.75, 3.05) is 30.9 Å². The highest BCUT2D eigenvalue weighted by molar-refractivity contribution is 7.87. The Morgan fingerprint density at radius 2 is 1.71 bits per heavy atom. The fourth-order valence-corrected chi connectivity index (χ4v) is 4.19. The first-order valence-corrected chi connectivity index (χ1v) is 11.3. The second-order valence-electron chi connectivity index (χ2n) is 6.77. The molecule has 0 atom stereocenters. The fourth-order valence-electron chi connectivity index (χ4n) is 3.04. The molecule has 0 saturated heterocycles. The van der Waals surface area contributed by atoms with Crippen LogP contribution in [0.15, 0.2) is 71.6 Å². The van der Waals surface area contributed by atoms with E-state index >= 15 is 0 Å². The Kier molecular flexibility index (Phi) is 7.66. The maximum atomic E-state index is 13.2. The number of nitrogens with zero attached hydrogens (tertiary/aromatic N) is 1. The first-order valence-electron chi connectivity index (χ1n) is 9.88. The van der Waals surface area contributed by atoms with E-state index in [0.29, 0.717) is 11.4 Å². The summed E-state index contributed by atoms with van der Waals surface area (Å²) in [4.78, 5) is 23.0. The lowest BCUT2D eigenvalue weighted by Gasteiger charge is -2.17. The van der Waals surface area contributed by atoms with Gasteiger partial charge in [-0.15, -0.1) is 0 Å². The first-order chi connectivity index (χ1) is 16.3. The third-order valence-corrected chi connectivity index (χ3v) is 5.85. The van der Waals surface area contributed by atoms with E-state index in [4.69, 9.17) is 8.92 Å². The smallest absolute Gasteiger partial charge is 0.340 e. The molecule has 0 aliphatic carbocycles. The maximum Gasteiger partial charge on any atom is 0.340 e. The molecule has 1 amide bonds. The second-order valence-corrected chi connectivity index (χ2v) is 8.29. The number of ether oxygens (including phenoxy) is 1. The molecule has 3 rings (SSSR count). The molecule has 0 saturated carbocycles. The minimum absolute atomic E-state index is 0.0572. The molecule has 3 N–H and O–H groups in total. The molecule has 0 aromatic heterocycles. The third kappa shape index (κ3) is 5.60. The van der Waals surface area contributed by atoms with Gasteiger partial charge in [0.15, 0.2) is 0 Å². The molecule has 0 unspecified atom stereocenters. The minimum Gasteiger partial charge on any atom is -0.495 e. The summed E-state index contributed by atoms with van der Waals surface area (Å²) >= 11 is 0. The van der Waals surface area contributed by atoms with Crippen LogP contribution in [-0.4, -0.2) is 44.6 Å². The number of methoxy groups -OCH3 is 1. The van der Waals surface area contributed by atoms with Crippen LogP contribution in [0.25, 0.3) is 0 Å². The molecule has 3 aromatic carbocycles. The molecule has 12 heteroatoms. The van der Waals surface area contributed by atoms with Gasteiger partial charge < -0.3 is 24.7 Å². The van der Waals surface area contributed by atoms with E-state index in [1.165, 1.54) is 25.3 Å². The van der Waals surface area contributed by atoms with Crippen LogP contribution in [0.5, 0.6) is 11.5 Å². The number of hydrogen-bond acceptors (Lipinski definition) is 9. The molecule has 0 radical (unpaired) electrons. The Hall–Kier alpha value is -4.16. The monoisotopic (exact) mass is 487 g/mol. The normalized spacial score (nSPS) is 10.9. The minimum atomic E-state index is -4.54. The molecule has 0 bridgehead atoms. The van der Waals surface area contributed by atoms with Crippen LogP contribution < -0.4 is 19.6 Å². The molecule has 0 spiro atoms. The number of hydrogen-bond donors (Lipinski definition) is 3. The number of rotatable bonds is 10. The quantitative estimate of drug-likeness (QED) is 0.222. The molecule has 0 fully saturated rings. The van der Waals surface area contributed by atoms with Crippen LogP contribution in [0, 0.1) is 10.1 Å². The number of para-hydroxylation sites is 2. The SMILES string of the molecule is COc1ccccc1NC(=O)c1c(NCCO)cccc1S(=O)(=O)Oc1ccc([N+](=O)[O-])cc1. The summed E-state index contributed by atoms with van der Waals surface area (Å²) in [5.74, 6) is -0.574. The van der Waals surface area contributed by atoms with E-state index in [0.717, 1.165) is 24.3 Å². The van der Waals surface area contributed by atoms with Crippen molar-refractivity contribution >= 4 is 33.1 Å². The number of benzene rings is 3. The summed E-state index contributed by atoms with van der Waals surface area (Å²) in [5, 5.41) is 25.4. The number of aliphatic hydroxyl groups excluding tert-OH is 1. The van der Waals surface area contributed by atoms with Gasteiger partial charge in [-0.3, -0.25) is 14.9 Å². The van der Waals surface area contributed by atoms with E-state index in [2.05, 4.69) is 10.6 Å². The average Bonchev–Trinajstić information content (AvgIpc) is 2.82. The van der Waals surface area contributed by atoms with Gasteiger partial charge in [-0.25, -0.2) is 0 Å². The van der Waals surface area contributed by atoms with Gasteiger partial charge in [0.05, 0.1) is 29.9 Å². The van der Waals surface area contributed by atoms with Crippen molar-refractivity contribution in [1.82, 2.24) is 0 Å². The Morgan fingerprint density at radius 1 is 1.03 bits per heavy atom. The summed E-state index contributed by atoms with van der Waals surface area (Å²) < 4.78 is 36.6. The van der Waals surface area contributed by atoms with Crippen LogP contribution in [0.3, 0.4) is 0 Å². The van der Waals surface area contributed by atoms with Gasteiger partial charge in [-0.2, -0.15) is 8.42 Å². The van der Waals surface area contributed by atoms with Crippen molar-refractivity contribution in [2.24, 2.45) is 0 Å². The number of nitro benzene ring substituents is 1. The van der Waals surface area contributed by atoms with Crippen LogP contribution >= 0.6 is 0 Å². The van der Waals surface area contributed by atoms with Crippen molar-refractivity contribution in [3.05, 3.63) is 82.4 Å². The highest BCUT2D eigenvalue weighted by Gasteiger charge is 2.28. The summed E-state index contributed by atoms with van der Waals surface area (Å²) in [6.45, 7) is -0.203. The summed E-state index contributed by atoms with van der Waals surface area (Å²) in [6, 6.07) is 15.1. The maximum absolute atomic E-state index is 13.2. The zero-order valence-corrected chi connectivity index (χ0v) is 18.7. The molecule has 11 nitrogen and oxygen atoms in total. The molecule has 0 heterocycles. The molecule has 178 valence electrons. The Labute approximate surface area is 195 Å². The lowest BCUT2D eigenvalue weighted by Crippen LogP contribution is -2.22. The second kappa shape index (κ2) is 10.6. The Bertz CT molecular complexity index is 1290. The molecule has 3 aromatic rings. The number of carbonyl (C=O) groups is 1. The first kappa shape index (κ1) is 24.5. The van der Waals surface area contributed by atoms with Gasteiger partial charge in [-0.1, -0.05) is 18.2 Å². The van der Waals surface area contributed by atoms with Crippen molar-refractivity contribution in [3.63, 3.8) is 0 Å². The molecule has 0 aliphatic rings. The molecular formula is C22H21N3O8S. The predicted octanol–water partition coefficient (Wildman–Crippen LogP) is 3.03. The lowest BCUT2D eigenvalue weighted by atomic mass is 10.1. The summed E-state index contributed by atoms with van der Waals surface area (Å²) in [5.41, 5.74) is -0.0259. The van der Waals surface area contributed by atoms with Crippen LogP contribution in [0.2, 0.25) is 0 Å². The summed E-state index contributed by atoms with van der Waals surface area (Å²) in [7, 11) is -3.12. The fraction of sp³-hybridized carbons (Fsp3) is 0.136. The van der Waals surface area contributed by atoms with Gasteiger partial charge in [0.1, 0.15) is 16.4 Å². The largest absolute Gasteiger partial charge is 0.495 e. The summed E-state index contributed by atoms with van der Waals surface area (Å²) in [6.07, 6.45) is 0. The number of anilines is 2. The number of carbonyl (C=O) groups excluding carboxylic acids is 1. The number of non-ortho nitro benzene ring substituents is 1.